The molecule has 0 bridgehead atoms. The summed E-state index contributed by atoms with van der Waals surface area (Å²) in [6, 6.07) is 9.04. The van der Waals surface area contributed by atoms with Crippen LogP contribution in [0.15, 0.2) is 47.4 Å². The van der Waals surface area contributed by atoms with Crippen molar-refractivity contribution in [3.63, 3.8) is 0 Å². The molecule has 0 atom stereocenters. The van der Waals surface area contributed by atoms with Crippen LogP contribution in [0.4, 0.5) is 8.78 Å². The number of rotatable bonds is 6. The Morgan fingerprint density at radius 2 is 1.61 bits per heavy atom. The Morgan fingerprint density at radius 1 is 1.04 bits per heavy atom. The molecule has 0 aliphatic carbocycles. The minimum absolute atomic E-state index is 0.00241. The summed E-state index contributed by atoms with van der Waals surface area (Å²) >= 11 is 0. The zero-order valence-electron chi connectivity index (χ0n) is 12.7. The van der Waals surface area contributed by atoms with Crippen LogP contribution in [-0.4, -0.2) is 14.5 Å². The summed E-state index contributed by atoms with van der Waals surface area (Å²) in [6.45, 7) is 3.81. The van der Waals surface area contributed by atoms with Crippen molar-refractivity contribution in [3.8, 4) is 5.75 Å². The van der Waals surface area contributed by atoms with Crippen LogP contribution in [0.3, 0.4) is 0 Å². The maximum atomic E-state index is 13.1. The van der Waals surface area contributed by atoms with E-state index in [1.54, 1.807) is 24.3 Å². The molecule has 0 aliphatic heterocycles. The predicted octanol–water partition coefficient (Wildman–Crippen LogP) is 3.23. The maximum Gasteiger partial charge on any atom is 0.241 e. The van der Waals surface area contributed by atoms with Gasteiger partial charge in [0.15, 0.2) is 0 Å². The van der Waals surface area contributed by atoms with Gasteiger partial charge in [-0.25, -0.2) is 21.9 Å². The Labute approximate surface area is 134 Å². The average Bonchev–Trinajstić information content (AvgIpc) is 2.45. The molecule has 2 rings (SSSR count). The molecule has 4 nitrogen and oxygen atoms in total. The van der Waals surface area contributed by atoms with Gasteiger partial charge in [-0.15, -0.1) is 0 Å². The second-order valence-electron chi connectivity index (χ2n) is 5.24. The molecule has 7 heteroatoms. The van der Waals surface area contributed by atoms with E-state index in [2.05, 4.69) is 4.72 Å². The Balaban J connectivity index is 2.07. The Morgan fingerprint density at radius 3 is 2.13 bits per heavy atom. The van der Waals surface area contributed by atoms with Crippen molar-refractivity contribution in [1.29, 1.82) is 0 Å². The number of benzene rings is 2. The SMILES string of the molecule is CC(C)Oc1ccc(CNS(=O)(=O)c2cc(F)cc(F)c2)cc1. The van der Waals surface area contributed by atoms with E-state index >= 15 is 0 Å². The molecule has 0 saturated heterocycles. The van der Waals surface area contributed by atoms with Crippen LogP contribution in [0, 0.1) is 11.6 Å². The highest BCUT2D eigenvalue weighted by Crippen LogP contribution is 2.16. The van der Waals surface area contributed by atoms with Crippen LogP contribution in [0.5, 0.6) is 5.75 Å². The fraction of sp³-hybridized carbons (Fsp3) is 0.250. The lowest BCUT2D eigenvalue weighted by molar-refractivity contribution is 0.242. The van der Waals surface area contributed by atoms with Crippen molar-refractivity contribution in [2.24, 2.45) is 0 Å². The molecule has 2 aromatic carbocycles. The highest BCUT2D eigenvalue weighted by atomic mass is 32.2. The molecule has 23 heavy (non-hydrogen) atoms. The molecular weight excluding hydrogens is 324 g/mol. The van der Waals surface area contributed by atoms with Gasteiger partial charge in [-0.05, 0) is 43.7 Å². The first-order valence-corrected chi connectivity index (χ1v) is 8.46. The summed E-state index contributed by atoms with van der Waals surface area (Å²) in [5, 5.41) is 0. The first kappa shape index (κ1) is 17.4. The number of ether oxygens (including phenoxy) is 1. The standard InChI is InChI=1S/C16H17F2NO3S/c1-11(2)22-15-5-3-12(4-6-15)10-19-23(20,21)16-8-13(17)7-14(18)9-16/h3-9,11,19H,10H2,1-2H3. The van der Waals surface area contributed by atoms with E-state index in [1.165, 1.54) is 0 Å². The van der Waals surface area contributed by atoms with Crippen LogP contribution in [0.2, 0.25) is 0 Å². The summed E-state index contributed by atoms with van der Waals surface area (Å²) in [5.41, 5.74) is 0.696. The van der Waals surface area contributed by atoms with Gasteiger partial charge < -0.3 is 4.74 Å². The van der Waals surface area contributed by atoms with Crippen LogP contribution in [-0.2, 0) is 16.6 Å². The van der Waals surface area contributed by atoms with Crippen LogP contribution in [0.25, 0.3) is 0 Å². The van der Waals surface area contributed by atoms with Gasteiger partial charge in [0.2, 0.25) is 10.0 Å². The molecule has 0 radical (unpaired) electrons. The van der Waals surface area contributed by atoms with Crippen LogP contribution >= 0.6 is 0 Å². The molecule has 0 fully saturated rings. The van der Waals surface area contributed by atoms with Gasteiger partial charge in [0.25, 0.3) is 0 Å². The number of nitrogens with one attached hydrogen (secondary N) is 1. The lowest BCUT2D eigenvalue weighted by atomic mass is 10.2. The fourth-order valence-corrected chi connectivity index (χ4v) is 2.96. The second kappa shape index (κ2) is 7.06. The normalized spacial score (nSPS) is 11.7. The predicted molar refractivity (Wildman–Crippen MR) is 82.6 cm³/mol. The Bertz CT molecular complexity index is 754. The third-order valence-electron chi connectivity index (χ3n) is 2.91. The van der Waals surface area contributed by atoms with Gasteiger partial charge in [0, 0.05) is 12.6 Å². The highest BCUT2D eigenvalue weighted by molar-refractivity contribution is 7.89. The smallest absolute Gasteiger partial charge is 0.241 e. The molecule has 124 valence electrons. The molecule has 1 N–H and O–H groups in total. The monoisotopic (exact) mass is 341 g/mol. The summed E-state index contributed by atoms with van der Waals surface area (Å²) in [6.07, 6.45) is 0.0437. The molecule has 0 unspecified atom stereocenters. The molecule has 0 aliphatic rings. The second-order valence-corrected chi connectivity index (χ2v) is 7.01. The maximum absolute atomic E-state index is 13.1. The highest BCUT2D eigenvalue weighted by Gasteiger charge is 2.16. The third-order valence-corrected chi connectivity index (χ3v) is 4.29. The van der Waals surface area contributed by atoms with E-state index < -0.39 is 26.6 Å². The summed E-state index contributed by atoms with van der Waals surface area (Å²) < 4.78 is 58.1. The van der Waals surface area contributed by atoms with Gasteiger partial charge in [-0.1, -0.05) is 12.1 Å². The van der Waals surface area contributed by atoms with Gasteiger partial charge >= 0.3 is 0 Å². The van der Waals surface area contributed by atoms with E-state index in [0.29, 0.717) is 17.4 Å². The average molecular weight is 341 g/mol. The number of hydrogen-bond donors (Lipinski definition) is 1. The number of sulfonamides is 1. The van der Waals surface area contributed by atoms with E-state index in [-0.39, 0.29) is 12.6 Å². The van der Waals surface area contributed by atoms with Crippen molar-refractivity contribution in [2.45, 2.75) is 31.4 Å². The quantitative estimate of drug-likeness (QED) is 0.878. The molecule has 0 spiro atoms. The van der Waals surface area contributed by atoms with Gasteiger partial charge in [0.1, 0.15) is 17.4 Å². The van der Waals surface area contributed by atoms with Crippen molar-refractivity contribution in [3.05, 3.63) is 59.7 Å². The molecule has 0 amide bonds. The largest absolute Gasteiger partial charge is 0.491 e. The third kappa shape index (κ3) is 5.01. The number of hydrogen-bond acceptors (Lipinski definition) is 3. The lowest BCUT2D eigenvalue weighted by Crippen LogP contribution is -2.23. The van der Waals surface area contributed by atoms with E-state index in [0.717, 1.165) is 12.1 Å². The van der Waals surface area contributed by atoms with Crippen LogP contribution in [0.1, 0.15) is 19.4 Å². The molecular formula is C16H17F2NO3S. The fourth-order valence-electron chi connectivity index (χ4n) is 1.90. The van der Waals surface area contributed by atoms with Gasteiger partial charge in [-0.2, -0.15) is 0 Å². The van der Waals surface area contributed by atoms with E-state index in [1.807, 2.05) is 13.8 Å². The van der Waals surface area contributed by atoms with Crippen molar-refractivity contribution >= 4 is 10.0 Å². The van der Waals surface area contributed by atoms with Crippen molar-refractivity contribution in [1.82, 2.24) is 4.72 Å². The van der Waals surface area contributed by atoms with Crippen molar-refractivity contribution in [2.75, 3.05) is 0 Å². The minimum Gasteiger partial charge on any atom is -0.491 e. The number of halogens is 2. The first-order valence-electron chi connectivity index (χ1n) is 6.97. The topological polar surface area (TPSA) is 55.4 Å². The first-order chi connectivity index (χ1) is 10.8. The Hall–Kier alpha value is -1.99. The zero-order valence-corrected chi connectivity index (χ0v) is 13.5. The zero-order chi connectivity index (χ0) is 17.0. The van der Waals surface area contributed by atoms with Crippen LogP contribution < -0.4 is 9.46 Å². The van der Waals surface area contributed by atoms with Gasteiger partial charge in [-0.3, -0.25) is 0 Å². The molecule has 0 aromatic heterocycles. The van der Waals surface area contributed by atoms with Gasteiger partial charge in [0.05, 0.1) is 11.0 Å². The van der Waals surface area contributed by atoms with E-state index in [4.69, 9.17) is 4.74 Å². The molecule has 0 heterocycles. The molecule has 0 saturated carbocycles. The summed E-state index contributed by atoms with van der Waals surface area (Å²) in [7, 11) is -3.99. The lowest BCUT2D eigenvalue weighted by Gasteiger charge is -2.11. The van der Waals surface area contributed by atoms with E-state index in [9.17, 15) is 17.2 Å². The summed E-state index contributed by atoms with van der Waals surface area (Å²) in [4.78, 5) is -0.449. The van der Waals surface area contributed by atoms with Crippen molar-refractivity contribution < 1.29 is 21.9 Å². The Kier molecular flexibility index (Phi) is 5.33. The minimum atomic E-state index is -3.99. The summed E-state index contributed by atoms with van der Waals surface area (Å²) in [5.74, 6) is -1.21. The molecule has 2 aromatic rings.